The first-order chi connectivity index (χ1) is 8.74. The predicted octanol–water partition coefficient (Wildman–Crippen LogP) is 0.579. The van der Waals surface area contributed by atoms with Crippen molar-refractivity contribution in [3.63, 3.8) is 0 Å². The minimum absolute atomic E-state index is 0.195. The molecule has 0 atom stereocenters. The van der Waals surface area contributed by atoms with Gasteiger partial charge in [-0.15, -0.1) is 0 Å². The number of hydrogen-bond donors (Lipinski definition) is 4. The summed E-state index contributed by atoms with van der Waals surface area (Å²) < 4.78 is 0. The summed E-state index contributed by atoms with van der Waals surface area (Å²) in [5.41, 5.74) is 9.01. The molecule has 0 bridgehead atoms. The second-order valence-corrected chi connectivity index (χ2v) is 3.91. The van der Waals surface area contributed by atoms with Crippen LogP contribution in [0.4, 0.5) is 11.8 Å². The van der Waals surface area contributed by atoms with Crippen LogP contribution >= 0.6 is 0 Å². The summed E-state index contributed by atoms with van der Waals surface area (Å²) in [6.07, 6.45) is 3.34. The van der Waals surface area contributed by atoms with Crippen LogP contribution in [0.2, 0.25) is 0 Å². The quantitative estimate of drug-likeness (QED) is 0.534. The van der Waals surface area contributed by atoms with Crippen LogP contribution in [-0.2, 0) is 6.54 Å². The van der Waals surface area contributed by atoms with Gasteiger partial charge in [0.25, 0.3) is 0 Å². The Labute approximate surface area is 102 Å². The highest BCUT2D eigenvalue weighted by atomic mass is 15.1. The molecule has 3 heterocycles. The third kappa shape index (κ3) is 1.73. The highest BCUT2D eigenvalue weighted by Crippen LogP contribution is 2.18. The van der Waals surface area contributed by atoms with Crippen LogP contribution in [-0.4, -0.2) is 30.1 Å². The Bertz CT molecular complexity index is 682. The smallest absolute Gasteiger partial charge is 0.224 e. The highest BCUT2D eigenvalue weighted by molar-refractivity contribution is 5.83. The fourth-order valence-corrected chi connectivity index (χ4v) is 1.71. The maximum Gasteiger partial charge on any atom is 0.224 e. The first-order valence-electron chi connectivity index (χ1n) is 5.43. The van der Waals surface area contributed by atoms with Crippen LogP contribution in [0.3, 0.4) is 0 Å². The van der Waals surface area contributed by atoms with E-state index < -0.39 is 0 Å². The number of imidazole rings is 1. The lowest BCUT2D eigenvalue weighted by Gasteiger charge is -2.06. The Morgan fingerprint density at radius 3 is 3.06 bits per heavy atom. The molecule has 92 valence electrons. The first kappa shape index (κ1) is 10.5. The van der Waals surface area contributed by atoms with Gasteiger partial charge in [0.2, 0.25) is 5.95 Å². The molecule has 3 aromatic rings. The molecule has 0 saturated carbocycles. The summed E-state index contributed by atoms with van der Waals surface area (Å²) in [6.45, 7) is 2.57. The van der Waals surface area contributed by atoms with Crippen molar-refractivity contribution in [3.8, 4) is 0 Å². The van der Waals surface area contributed by atoms with Crippen LogP contribution in [0.1, 0.15) is 11.3 Å². The number of aromatic amines is 2. The van der Waals surface area contributed by atoms with Gasteiger partial charge in [0.05, 0.1) is 12.5 Å². The third-order valence-corrected chi connectivity index (χ3v) is 2.68. The SMILES string of the molecule is Cc1[nH]ncc1CNc1nc(N)nc2nc[nH]c12. The molecule has 0 aliphatic heterocycles. The number of H-pyrrole nitrogens is 2. The zero-order valence-corrected chi connectivity index (χ0v) is 9.73. The predicted molar refractivity (Wildman–Crippen MR) is 66.7 cm³/mol. The number of fused-ring (bicyclic) bond motifs is 1. The minimum atomic E-state index is 0.195. The topological polar surface area (TPSA) is 121 Å². The van der Waals surface area contributed by atoms with Gasteiger partial charge >= 0.3 is 0 Å². The van der Waals surface area contributed by atoms with Gasteiger partial charge in [0.15, 0.2) is 11.5 Å². The van der Waals surface area contributed by atoms with Gasteiger partial charge in [0.1, 0.15) is 5.52 Å². The Kier molecular flexibility index (Phi) is 2.33. The number of aromatic nitrogens is 6. The van der Waals surface area contributed by atoms with Crippen molar-refractivity contribution in [1.82, 2.24) is 30.1 Å². The maximum atomic E-state index is 5.63. The molecule has 0 radical (unpaired) electrons. The molecule has 3 aromatic heterocycles. The lowest BCUT2D eigenvalue weighted by molar-refractivity contribution is 1.04. The summed E-state index contributed by atoms with van der Waals surface area (Å²) in [7, 11) is 0. The summed E-state index contributed by atoms with van der Waals surface area (Å²) >= 11 is 0. The molecule has 0 aliphatic carbocycles. The summed E-state index contributed by atoms with van der Waals surface area (Å²) in [6, 6.07) is 0. The zero-order valence-electron chi connectivity index (χ0n) is 9.73. The average Bonchev–Trinajstić information content (AvgIpc) is 2.94. The number of nitrogens with zero attached hydrogens (tertiary/aromatic N) is 4. The second kappa shape index (κ2) is 3.99. The molecule has 8 heteroatoms. The number of nitrogens with one attached hydrogen (secondary N) is 3. The molecule has 0 fully saturated rings. The number of hydrogen-bond acceptors (Lipinski definition) is 6. The van der Waals surface area contributed by atoms with Crippen LogP contribution < -0.4 is 11.1 Å². The Balaban J connectivity index is 1.90. The summed E-state index contributed by atoms with van der Waals surface area (Å²) in [5, 5.41) is 10.0. The fourth-order valence-electron chi connectivity index (χ4n) is 1.71. The molecule has 8 nitrogen and oxygen atoms in total. The van der Waals surface area contributed by atoms with Crippen molar-refractivity contribution in [2.75, 3.05) is 11.1 Å². The van der Waals surface area contributed by atoms with E-state index in [9.17, 15) is 0 Å². The number of nitrogen functional groups attached to an aromatic ring is 1. The van der Waals surface area contributed by atoms with E-state index in [2.05, 4.69) is 35.5 Å². The molecule has 3 rings (SSSR count). The molecule has 18 heavy (non-hydrogen) atoms. The molecule has 0 aromatic carbocycles. The monoisotopic (exact) mass is 244 g/mol. The van der Waals surface area contributed by atoms with Crippen LogP contribution in [0.5, 0.6) is 0 Å². The van der Waals surface area contributed by atoms with E-state index in [1.54, 1.807) is 12.5 Å². The molecule has 0 amide bonds. The largest absolute Gasteiger partial charge is 0.368 e. The second-order valence-electron chi connectivity index (χ2n) is 3.91. The average molecular weight is 244 g/mol. The third-order valence-electron chi connectivity index (χ3n) is 2.68. The van der Waals surface area contributed by atoms with Gasteiger partial charge in [-0.2, -0.15) is 15.1 Å². The fraction of sp³-hybridized carbons (Fsp3) is 0.200. The van der Waals surface area contributed by atoms with Crippen molar-refractivity contribution in [3.05, 3.63) is 23.8 Å². The van der Waals surface area contributed by atoms with Gasteiger partial charge in [0, 0.05) is 17.8 Å². The van der Waals surface area contributed by atoms with Crippen LogP contribution in [0, 0.1) is 6.92 Å². The van der Waals surface area contributed by atoms with E-state index in [1.807, 2.05) is 6.92 Å². The molecular formula is C10H12N8. The first-order valence-corrected chi connectivity index (χ1v) is 5.43. The number of nitrogens with two attached hydrogens (primary N) is 1. The van der Waals surface area contributed by atoms with Crippen molar-refractivity contribution >= 4 is 22.9 Å². The minimum Gasteiger partial charge on any atom is -0.368 e. The van der Waals surface area contributed by atoms with Crippen LogP contribution in [0.25, 0.3) is 11.2 Å². The van der Waals surface area contributed by atoms with E-state index in [4.69, 9.17) is 5.73 Å². The molecule has 0 saturated heterocycles. The number of aryl methyl sites for hydroxylation is 1. The van der Waals surface area contributed by atoms with Gasteiger partial charge in [-0.3, -0.25) is 5.10 Å². The normalized spacial score (nSPS) is 10.9. The number of anilines is 2. The lowest BCUT2D eigenvalue weighted by atomic mass is 10.2. The van der Waals surface area contributed by atoms with E-state index in [-0.39, 0.29) is 5.95 Å². The van der Waals surface area contributed by atoms with Crippen LogP contribution in [0.15, 0.2) is 12.5 Å². The van der Waals surface area contributed by atoms with Crippen molar-refractivity contribution in [2.24, 2.45) is 0 Å². The Morgan fingerprint density at radius 2 is 2.28 bits per heavy atom. The van der Waals surface area contributed by atoms with E-state index in [0.717, 1.165) is 16.8 Å². The van der Waals surface area contributed by atoms with E-state index in [0.29, 0.717) is 18.0 Å². The molecule has 0 unspecified atom stereocenters. The number of rotatable bonds is 3. The molecule has 0 spiro atoms. The van der Waals surface area contributed by atoms with Gasteiger partial charge in [-0.1, -0.05) is 0 Å². The Morgan fingerprint density at radius 1 is 1.39 bits per heavy atom. The maximum absolute atomic E-state index is 5.63. The molecule has 0 aliphatic rings. The van der Waals surface area contributed by atoms with E-state index >= 15 is 0 Å². The van der Waals surface area contributed by atoms with Crippen molar-refractivity contribution in [2.45, 2.75) is 13.5 Å². The summed E-state index contributed by atoms with van der Waals surface area (Å²) in [4.78, 5) is 15.2. The van der Waals surface area contributed by atoms with Gasteiger partial charge in [-0.05, 0) is 6.92 Å². The van der Waals surface area contributed by atoms with Crippen molar-refractivity contribution in [1.29, 1.82) is 0 Å². The summed E-state index contributed by atoms with van der Waals surface area (Å²) in [5.74, 6) is 0.830. The highest BCUT2D eigenvalue weighted by Gasteiger charge is 2.08. The zero-order chi connectivity index (χ0) is 12.5. The lowest BCUT2D eigenvalue weighted by Crippen LogP contribution is -2.05. The van der Waals surface area contributed by atoms with E-state index in [1.165, 1.54) is 0 Å². The Hall–Kier alpha value is -2.64. The van der Waals surface area contributed by atoms with Gasteiger partial charge in [-0.25, -0.2) is 4.98 Å². The molecular weight excluding hydrogens is 232 g/mol. The van der Waals surface area contributed by atoms with Gasteiger partial charge < -0.3 is 16.0 Å². The molecule has 5 N–H and O–H groups in total. The standard InChI is InChI=1S/C10H12N8/c1-5-6(3-15-18-5)2-12-8-7-9(14-4-13-7)17-10(11)16-8/h3-4H,2H2,1H3,(H,15,18)(H4,11,12,13,14,16,17). The van der Waals surface area contributed by atoms with Crippen molar-refractivity contribution < 1.29 is 0 Å².